The first-order chi connectivity index (χ1) is 11.0. The molecule has 1 aliphatic rings. The average molecular weight is 354 g/mol. The highest BCUT2D eigenvalue weighted by atomic mass is 35.5. The molecule has 0 radical (unpaired) electrons. The van der Waals surface area contributed by atoms with Gasteiger partial charge in [0, 0.05) is 12.0 Å². The first-order valence-electron chi connectivity index (χ1n) is 7.20. The van der Waals surface area contributed by atoms with Crippen molar-refractivity contribution in [2.75, 3.05) is 5.32 Å². The summed E-state index contributed by atoms with van der Waals surface area (Å²) in [6.07, 6.45) is 1.81. The van der Waals surface area contributed by atoms with E-state index in [-0.39, 0.29) is 24.2 Å². The molecule has 1 amide bonds. The summed E-state index contributed by atoms with van der Waals surface area (Å²) in [4.78, 5) is 11.9. The zero-order valence-corrected chi connectivity index (χ0v) is 13.6. The van der Waals surface area contributed by atoms with E-state index in [1.807, 2.05) is 0 Å². The summed E-state index contributed by atoms with van der Waals surface area (Å²) in [5.74, 6) is 0.0702. The molecule has 1 aliphatic carbocycles. The van der Waals surface area contributed by atoms with E-state index in [0.717, 1.165) is 12.8 Å². The van der Waals surface area contributed by atoms with Crippen LogP contribution in [0.4, 0.5) is 10.1 Å². The Kier molecular flexibility index (Phi) is 4.74. The molecule has 2 aromatic rings. The van der Waals surface area contributed by atoms with Crippen LogP contribution < -0.4 is 10.1 Å². The second-order valence-electron chi connectivity index (χ2n) is 5.44. The molecule has 6 heteroatoms. The van der Waals surface area contributed by atoms with Crippen molar-refractivity contribution >= 4 is 34.8 Å². The third-order valence-electron chi connectivity index (χ3n) is 3.51. The van der Waals surface area contributed by atoms with Crippen molar-refractivity contribution in [3.63, 3.8) is 0 Å². The summed E-state index contributed by atoms with van der Waals surface area (Å²) in [5.41, 5.74) is 1.14. The van der Waals surface area contributed by atoms with Gasteiger partial charge in [-0.2, -0.15) is 0 Å². The topological polar surface area (TPSA) is 38.3 Å². The molecule has 0 saturated heterocycles. The van der Waals surface area contributed by atoms with Gasteiger partial charge >= 0.3 is 0 Å². The van der Waals surface area contributed by atoms with E-state index in [1.54, 1.807) is 18.2 Å². The normalized spacial score (nSPS) is 13.7. The van der Waals surface area contributed by atoms with Crippen molar-refractivity contribution in [3.05, 3.63) is 57.8 Å². The third-order valence-corrected chi connectivity index (χ3v) is 4.12. The second-order valence-corrected chi connectivity index (χ2v) is 6.26. The van der Waals surface area contributed by atoms with Gasteiger partial charge in [-0.05, 0) is 36.6 Å². The lowest BCUT2D eigenvalue weighted by Gasteiger charge is -2.12. The van der Waals surface area contributed by atoms with Crippen LogP contribution in [0.1, 0.15) is 18.4 Å². The van der Waals surface area contributed by atoms with Gasteiger partial charge in [-0.15, -0.1) is 0 Å². The maximum absolute atomic E-state index is 13.2. The number of nitrogens with one attached hydrogen (secondary N) is 1. The van der Waals surface area contributed by atoms with Crippen LogP contribution in [0.5, 0.6) is 5.75 Å². The summed E-state index contributed by atoms with van der Waals surface area (Å²) in [6, 6.07) is 9.22. The van der Waals surface area contributed by atoms with Crippen LogP contribution >= 0.6 is 23.2 Å². The van der Waals surface area contributed by atoms with Gasteiger partial charge in [0.2, 0.25) is 5.91 Å². The van der Waals surface area contributed by atoms with Crippen molar-refractivity contribution in [1.82, 2.24) is 0 Å². The molecule has 1 N–H and O–H groups in total. The van der Waals surface area contributed by atoms with Gasteiger partial charge in [0.15, 0.2) is 0 Å². The van der Waals surface area contributed by atoms with Gasteiger partial charge in [0.05, 0.1) is 15.7 Å². The lowest BCUT2D eigenvalue weighted by Crippen LogP contribution is -2.13. The Morgan fingerprint density at radius 2 is 2.00 bits per heavy atom. The van der Waals surface area contributed by atoms with Gasteiger partial charge < -0.3 is 10.1 Å². The largest absolute Gasteiger partial charge is 0.487 e. The Balaban J connectivity index is 1.74. The van der Waals surface area contributed by atoms with Crippen LogP contribution in [-0.4, -0.2) is 5.91 Å². The zero-order valence-electron chi connectivity index (χ0n) is 12.1. The molecule has 0 atom stereocenters. The van der Waals surface area contributed by atoms with Crippen LogP contribution in [0.25, 0.3) is 0 Å². The molecule has 120 valence electrons. The number of carbonyl (C=O) groups excluding carboxylic acids is 1. The summed E-state index contributed by atoms with van der Waals surface area (Å²) in [6.45, 7) is 0.162. The van der Waals surface area contributed by atoms with Gasteiger partial charge in [-0.3, -0.25) is 4.79 Å². The molecule has 1 saturated carbocycles. The van der Waals surface area contributed by atoms with Crippen LogP contribution in [0, 0.1) is 11.7 Å². The highest BCUT2D eigenvalue weighted by Crippen LogP contribution is 2.36. The van der Waals surface area contributed by atoms with Crippen molar-refractivity contribution < 1.29 is 13.9 Å². The first kappa shape index (κ1) is 16.1. The van der Waals surface area contributed by atoms with E-state index < -0.39 is 0 Å². The third kappa shape index (κ3) is 4.15. The van der Waals surface area contributed by atoms with Crippen molar-refractivity contribution in [2.45, 2.75) is 19.4 Å². The van der Waals surface area contributed by atoms with Crippen LogP contribution in [0.3, 0.4) is 0 Å². The van der Waals surface area contributed by atoms with Gasteiger partial charge in [-0.1, -0.05) is 35.3 Å². The van der Waals surface area contributed by atoms with Crippen LogP contribution in [0.2, 0.25) is 10.0 Å². The minimum absolute atomic E-state index is 0.0506. The molecule has 0 bridgehead atoms. The maximum Gasteiger partial charge on any atom is 0.227 e. The monoisotopic (exact) mass is 353 g/mol. The molecular weight excluding hydrogens is 340 g/mol. The Bertz CT molecular complexity index is 747. The Morgan fingerprint density at radius 3 is 2.70 bits per heavy atom. The SMILES string of the molecule is O=C(Nc1cc(OCc2cccc(F)c2)c(Cl)cc1Cl)C1CC1. The average Bonchev–Trinajstić information content (AvgIpc) is 3.33. The fourth-order valence-corrected chi connectivity index (χ4v) is 2.59. The van der Waals surface area contributed by atoms with Crippen molar-refractivity contribution in [2.24, 2.45) is 5.92 Å². The van der Waals surface area contributed by atoms with Crippen LogP contribution in [-0.2, 0) is 11.4 Å². The molecule has 0 heterocycles. The fraction of sp³-hybridized carbons (Fsp3) is 0.235. The van der Waals surface area contributed by atoms with Gasteiger partial charge in [0.25, 0.3) is 0 Å². The molecule has 1 fully saturated rings. The summed E-state index contributed by atoms with van der Waals surface area (Å²) >= 11 is 12.2. The molecule has 2 aromatic carbocycles. The van der Waals surface area contributed by atoms with E-state index >= 15 is 0 Å². The molecule has 3 nitrogen and oxygen atoms in total. The molecule has 0 unspecified atom stereocenters. The van der Waals surface area contributed by atoms with E-state index in [9.17, 15) is 9.18 Å². The Hall–Kier alpha value is -1.78. The quantitative estimate of drug-likeness (QED) is 0.815. The molecule has 23 heavy (non-hydrogen) atoms. The first-order valence-corrected chi connectivity index (χ1v) is 7.95. The summed E-state index contributed by atoms with van der Waals surface area (Å²) in [7, 11) is 0. The lowest BCUT2D eigenvalue weighted by molar-refractivity contribution is -0.117. The number of rotatable bonds is 5. The number of hydrogen-bond acceptors (Lipinski definition) is 2. The number of amides is 1. The number of benzene rings is 2. The lowest BCUT2D eigenvalue weighted by atomic mass is 10.2. The van der Waals surface area contributed by atoms with Crippen LogP contribution in [0.15, 0.2) is 36.4 Å². The Morgan fingerprint density at radius 1 is 1.22 bits per heavy atom. The molecular formula is C17H14Cl2FNO2. The number of hydrogen-bond donors (Lipinski definition) is 1. The maximum atomic E-state index is 13.2. The minimum atomic E-state index is -0.328. The fourth-order valence-electron chi connectivity index (χ4n) is 2.10. The van der Waals surface area contributed by atoms with Gasteiger partial charge in [-0.25, -0.2) is 4.39 Å². The van der Waals surface area contributed by atoms with E-state index in [4.69, 9.17) is 27.9 Å². The predicted octanol–water partition coefficient (Wildman–Crippen LogP) is 5.06. The smallest absolute Gasteiger partial charge is 0.227 e. The van der Waals surface area contributed by atoms with Crippen molar-refractivity contribution in [1.29, 1.82) is 0 Å². The second kappa shape index (κ2) is 6.77. The number of halogens is 3. The highest BCUT2D eigenvalue weighted by molar-refractivity contribution is 6.37. The zero-order chi connectivity index (χ0) is 16.4. The Labute approximate surface area is 143 Å². The highest BCUT2D eigenvalue weighted by Gasteiger charge is 2.30. The molecule has 3 rings (SSSR count). The number of carbonyl (C=O) groups is 1. The number of ether oxygens (including phenoxy) is 1. The number of anilines is 1. The van der Waals surface area contributed by atoms with E-state index in [2.05, 4.69) is 5.32 Å². The predicted molar refractivity (Wildman–Crippen MR) is 88.5 cm³/mol. The summed E-state index contributed by atoms with van der Waals surface area (Å²) < 4.78 is 18.8. The minimum Gasteiger partial charge on any atom is -0.487 e. The standard InChI is InChI=1S/C17H14Cl2FNO2/c18-13-7-14(19)16(8-15(13)21-17(22)11-4-5-11)23-9-10-2-1-3-12(20)6-10/h1-3,6-8,11H,4-5,9H2,(H,21,22). The molecule has 0 spiro atoms. The van der Waals surface area contributed by atoms with E-state index in [1.165, 1.54) is 18.2 Å². The van der Waals surface area contributed by atoms with Gasteiger partial charge in [0.1, 0.15) is 18.2 Å². The molecule has 0 aromatic heterocycles. The van der Waals surface area contributed by atoms with Crippen molar-refractivity contribution in [3.8, 4) is 5.75 Å². The molecule has 0 aliphatic heterocycles. The summed E-state index contributed by atoms with van der Waals surface area (Å²) in [5, 5.41) is 3.46. The van der Waals surface area contributed by atoms with E-state index in [0.29, 0.717) is 27.0 Å².